The van der Waals surface area contributed by atoms with Crippen LogP contribution in [-0.2, 0) is 23.8 Å². The highest BCUT2D eigenvalue weighted by atomic mass is 35.5. The number of hydrogen-bond acceptors (Lipinski definition) is 5. The third-order valence-corrected chi connectivity index (χ3v) is 4.05. The zero-order valence-electron chi connectivity index (χ0n) is 14.7. The van der Waals surface area contributed by atoms with Crippen LogP contribution in [0.1, 0.15) is 39.2 Å². The second-order valence-corrected chi connectivity index (χ2v) is 5.91. The van der Waals surface area contributed by atoms with Crippen LogP contribution < -0.4 is 0 Å². The first kappa shape index (κ1) is 19.1. The van der Waals surface area contributed by atoms with Gasteiger partial charge in [0.25, 0.3) is 0 Å². The summed E-state index contributed by atoms with van der Waals surface area (Å²) in [4.78, 5) is 25.1. The van der Waals surface area contributed by atoms with Crippen molar-refractivity contribution in [1.29, 1.82) is 0 Å². The van der Waals surface area contributed by atoms with Crippen LogP contribution in [0.2, 0.25) is 5.02 Å². The zero-order chi connectivity index (χ0) is 18.6. The first-order valence-electron chi connectivity index (χ1n) is 8.09. The van der Waals surface area contributed by atoms with Crippen molar-refractivity contribution in [3.63, 3.8) is 0 Å². The number of benzene rings is 1. The van der Waals surface area contributed by atoms with Gasteiger partial charge >= 0.3 is 11.9 Å². The van der Waals surface area contributed by atoms with Crippen LogP contribution in [0.4, 0.5) is 0 Å². The molecule has 2 rings (SSSR count). The molecule has 0 atom stereocenters. The van der Waals surface area contributed by atoms with E-state index in [4.69, 9.17) is 25.8 Å². The summed E-state index contributed by atoms with van der Waals surface area (Å²) in [7, 11) is 0. The second-order valence-electron chi connectivity index (χ2n) is 5.47. The SMILES string of the molecule is CCOC(=O)C1=C(C)OC(C)=C(C(=O)OCC)C1c1cccc(Cl)c1. The summed E-state index contributed by atoms with van der Waals surface area (Å²) in [5.74, 6) is -0.924. The van der Waals surface area contributed by atoms with Gasteiger partial charge in [0.1, 0.15) is 11.5 Å². The van der Waals surface area contributed by atoms with Gasteiger partial charge in [0.2, 0.25) is 0 Å². The van der Waals surface area contributed by atoms with E-state index in [0.29, 0.717) is 22.1 Å². The molecule has 1 aromatic rings. The molecule has 0 radical (unpaired) electrons. The number of hydrogen-bond donors (Lipinski definition) is 0. The molecule has 0 amide bonds. The molecule has 0 saturated heterocycles. The standard InChI is InChI=1S/C19H21ClO5/c1-5-23-18(21)15-11(3)25-12(4)16(19(22)24-6-2)17(15)13-8-7-9-14(20)10-13/h7-10,17H,5-6H2,1-4H3. The van der Waals surface area contributed by atoms with Gasteiger partial charge in [-0.2, -0.15) is 0 Å². The number of carbonyl (C=O) groups is 2. The summed E-state index contributed by atoms with van der Waals surface area (Å²) < 4.78 is 16.0. The molecule has 0 unspecified atom stereocenters. The highest BCUT2D eigenvalue weighted by Crippen LogP contribution is 2.41. The molecule has 1 aromatic carbocycles. The second kappa shape index (κ2) is 8.21. The van der Waals surface area contributed by atoms with E-state index in [1.807, 2.05) is 0 Å². The Bertz CT molecular complexity index is 708. The van der Waals surface area contributed by atoms with E-state index in [1.165, 1.54) is 0 Å². The average molecular weight is 365 g/mol. The van der Waals surface area contributed by atoms with Gasteiger partial charge in [-0.25, -0.2) is 9.59 Å². The fourth-order valence-electron chi connectivity index (χ4n) is 2.85. The maximum Gasteiger partial charge on any atom is 0.338 e. The summed E-state index contributed by atoms with van der Waals surface area (Å²) >= 11 is 6.12. The van der Waals surface area contributed by atoms with Crippen LogP contribution in [0, 0.1) is 0 Å². The maximum absolute atomic E-state index is 12.5. The Balaban J connectivity index is 2.64. The van der Waals surface area contributed by atoms with E-state index in [0.717, 1.165) is 0 Å². The molecule has 1 aliphatic rings. The minimum atomic E-state index is -0.662. The van der Waals surface area contributed by atoms with E-state index >= 15 is 0 Å². The first-order chi connectivity index (χ1) is 11.9. The van der Waals surface area contributed by atoms with Gasteiger partial charge in [0.15, 0.2) is 0 Å². The van der Waals surface area contributed by atoms with Crippen LogP contribution in [-0.4, -0.2) is 25.2 Å². The van der Waals surface area contributed by atoms with Crippen molar-refractivity contribution in [1.82, 2.24) is 0 Å². The molecule has 1 aliphatic heterocycles. The Morgan fingerprint density at radius 1 is 1.04 bits per heavy atom. The number of esters is 2. The molecule has 0 saturated carbocycles. The average Bonchev–Trinajstić information content (AvgIpc) is 2.54. The van der Waals surface area contributed by atoms with Gasteiger partial charge in [-0.15, -0.1) is 0 Å². The molecular weight excluding hydrogens is 344 g/mol. The topological polar surface area (TPSA) is 61.8 Å². The predicted molar refractivity (Wildman–Crippen MR) is 93.9 cm³/mol. The Hall–Kier alpha value is -2.27. The number of halogens is 1. The number of allylic oxidation sites excluding steroid dienone is 2. The van der Waals surface area contributed by atoms with Gasteiger partial charge in [-0.05, 0) is 45.4 Å². The lowest BCUT2D eigenvalue weighted by Crippen LogP contribution is -2.27. The maximum atomic E-state index is 12.5. The Morgan fingerprint density at radius 3 is 2.00 bits per heavy atom. The van der Waals surface area contributed by atoms with Crippen molar-refractivity contribution in [2.45, 2.75) is 33.6 Å². The molecule has 6 heteroatoms. The molecule has 134 valence electrons. The third kappa shape index (κ3) is 4.04. The molecule has 0 bridgehead atoms. The van der Waals surface area contributed by atoms with Crippen molar-refractivity contribution < 1.29 is 23.8 Å². The molecule has 0 aromatic heterocycles. The largest absolute Gasteiger partial charge is 0.465 e. The zero-order valence-corrected chi connectivity index (χ0v) is 15.5. The fourth-order valence-corrected chi connectivity index (χ4v) is 3.05. The van der Waals surface area contributed by atoms with Crippen LogP contribution in [0.25, 0.3) is 0 Å². The molecule has 1 heterocycles. The molecule has 0 fully saturated rings. The van der Waals surface area contributed by atoms with Crippen molar-refractivity contribution in [2.24, 2.45) is 0 Å². The van der Waals surface area contributed by atoms with E-state index in [1.54, 1.807) is 52.0 Å². The lowest BCUT2D eigenvalue weighted by Gasteiger charge is -2.29. The molecule has 0 spiro atoms. The Morgan fingerprint density at radius 2 is 1.56 bits per heavy atom. The third-order valence-electron chi connectivity index (χ3n) is 3.81. The molecule has 0 aliphatic carbocycles. The summed E-state index contributed by atoms with van der Waals surface area (Å²) in [5.41, 5.74) is 1.25. The van der Waals surface area contributed by atoms with E-state index in [9.17, 15) is 9.59 Å². The lowest BCUT2D eigenvalue weighted by atomic mass is 9.82. The number of carbonyl (C=O) groups excluding carboxylic acids is 2. The molecule has 0 N–H and O–H groups in total. The van der Waals surface area contributed by atoms with Gasteiger partial charge in [-0.3, -0.25) is 0 Å². The molecule has 5 nitrogen and oxygen atoms in total. The van der Waals surface area contributed by atoms with Crippen LogP contribution >= 0.6 is 11.6 Å². The lowest BCUT2D eigenvalue weighted by molar-refractivity contribution is -0.140. The van der Waals surface area contributed by atoms with Crippen molar-refractivity contribution in [2.75, 3.05) is 13.2 Å². The summed E-state index contributed by atoms with van der Waals surface area (Å²) in [5, 5.41) is 0.505. The normalized spacial score (nSPS) is 15.1. The Kier molecular flexibility index (Phi) is 6.26. The van der Waals surface area contributed by atoms with Crippen molar-refractivity contribution >= 4 is 23.5 Å². The monoisotopic (exact) mass is 364 g/mol. The Labute approximate surface area is 152 Å². The van der Waals surface area contributed by atoms with Gasteiger partial charge in [-0.1, -0.05) is 23.7 Å². The van der Waals surface area contributed by atoms with E-state index in [2.05, 4.69) is 0 Å². The highest BCUT2D eigenvalue weighted by Gasteiger charge is 2.39. The van der Waals surface area contributed by atoms with Gasteiger partial charge in [0.05, 0.1) is 30.3 Å². The van der Waals surface area contributed by atoms with Crippen LogP contribution in [0.15, 0.2) is 46.9 Å². The minimum Gasteiger partial charge on any atom is -0.465 e. The summed E-state index contributed by atoms with van der Waals surface area (Å²) in [6.45, 7) is 7.23. The minimum absolute atomic E-state index is 0.218. The number of ether oxygens (including phenoxy) is 3. The van der Waals surface area contributed by atoms with Crippen molar-refractivity contribution in [3.05, 3.63) is 57.5 Å². The molecular formula is C19H21ClO5. The summed E-state index contributed by atoms with van der Waals surface area (Å²) in [6.07, 6.45) is 0. The van der Waals surface area contributed by atoms with Gasteiger partial charge < -0.3 is 14.2 Å². The highest BCUT2D eigenvalue weighted by molar-refractivity contribution is 6.30. The fraction of sp³-hybridized carbons (Fsp3) is 0.368. The smallest absolute Gasteiger partial charge is 0.338 e. The quantitative estimate of drug-likeness (QED) is 0.735. The van der Waals surface area contributed by atoms with Crippen molar-refractivity contribution in [3.8, 4) is 0 Å². The first-order valence-corrected chi connectivity index (χ1v) is 8.47. The van der Waals surface area contributed by atoms with E-state index in [-0.39, 0.29) is 24.4 Å². The van der Waals surface area contributed by atoms with Gasteiger partial charge in [0, 0.05) is 5.02 Å². The van der Waals surface area contributed by atoms with E-state index < -0.39 is 17.9 Å². The van der Waals surface area contributed by atoms with Crippen LogP contribution in [0.5, 0.6) is 0 Å². The van der Waals surface area contributed by atoms with Crippen LogP contribution in [0.3, 0.4) is 0 Å². The molecule has 25 heavy (non-hydrogen) atoms. The predicted octanol–water partition coefficient (Wildman–Crippen LogP) is 4.13. The number of rotatable bonds is 5. The summed E-state index contributed by atoms with van der Waals surface area (Å²) in [6, 6.07) is 7.02.